The van der Waals surface area contributed by atoms with Gasteiger partial charge in [-0.25, -0.2) is 17.2 Å². The number of rotatable bonds is 5. The lowest BCUT2D eigenvalue weighted by Crippen LogP contribution is -2.26. The van der Waals surface area contributed by atoms with Gasteiger partial charge in [-0.05, 0) is 73.2 Å². The first-order valence-corrected chi connectivity index (χ1v) is 16.7. The first kappa shape index (κ1) is 33.6. The molecule has 11 heteroatoms. The average Bonchev–Trinajstić information content (AvgIpc) is 3.58. The summed E-state index contributed by atoms with van der Waals surface area (Å²) < 4.78 is 53.8. The Morgan fingerprint density at radius 3 is 2.09 bits per heavy atom. The second-order valence-electron chi connectivity index (χ2n) is 9.95. The third kappa shape index (κ3) is 7.21. The number of fused-ring (bicyclic) bond motifs is 5. The molecule has 2 aliphatic carbocycles. The van der Waals surface area contributed by atoms with Crippen LogP contribution in [0, 0.1) is 11.6 Å². The summed E-state index contributed by atoms with van der Waals surface area (Å²) in [5, 5.41) is 16.8. The van der Waals surface area contributed by atoms with Crippen LogP contribution >= 0.6 is 0 Å². The zero-order valence-electron chi connectivity index (χ0n) is 25.8. The highest BCUT2D eigenvalue weighted by Gasteiger charge is 2.53. The molecule has 2 bridgehead atoms. The van der Waals surface area contributed by atoms with Crippen molar-refractivity contribution in [1.82, 2.24) is 25.4 Å². The van der Waals surface area contributed by atoms with E-state index in [1.54, 1.807) is 12.1 Å². The fourth-order valence-corrected chi connectivity index (χ4v) is 5.88. The van der Waals surface area contributed by atoms with Crippen LogP contribution in [-0.2, 0) is 15.4 Å². The molecule has 230 valence electrons. The van der Waals surface area contributed by atoms with E-state index in [0.717, 1.165) is 42.5 Å². The van der Waals surface area contributed by atoms with Crippen LogP contribution in [-0.4, -0.2) is 40.1 Å². The quantitative estimate of drug-likeness (QED) is 0.247. The molecule has 8 nitrogen and oxygen atoms in total. The third-order valence-corrected chi connectivity index (χ3v) is 7.49. The first-order valence-electron chi connectivity index (χ1n) is 14.8. The smallest absolute Gasteiger partial charge is 0.231 e. The number of benzene rings is 1. The number of nitrogens with one attached hydrogen (secondary N) is 1. The first-order chi connectivity index (χ1) is 20.6. The van der Waals surface area contributed by atoms with Crippen molar-refractivity contribution in [3.8, 4) is 22.6 Å². The Bertz CT molecular complexity index is 1610. The average molecular weight is 611 g/mol. The highest BCUT2D eigenvalue weighted by molar-refractivity contribution is 7.92. The van der Waals surface area contributed by atoms with Crippen molar-refractivity contribution < 1.29 is 17.2 Å². The maximum absolute atomic E-state index is 14.4. The zero-order chi connectivity index (χ0) is 31.8. The number of nitrogens with zero attached hydrogens (tertiary/aromatic N) is 5. The van der Waals surface area contributed by atoms with Crippen LogP contribution in [0.3, 0.4) is 0 Å². The molecule has 3 heterocycles. The number of anilines is 1. The lowest BCUT2D eigenvalue weighted by Gasteiger charge is -2.27. The maximum atomic E-state index is 14.4. The minimum absolute atomic E-state index is 0.122. The van der Waals surface area contributed by atoms with Gasteiger partial charge in [0.15, 0.2) is 5.82 Å². The molecular weight excluding hydrogens is 570 g/mol. The molecule has 1 N–H and O–H groups in total. The summed E-state index contributed by atoms with van der Waals surface area (Å²) in [5.41, 5.74) is 3.23. The predicted molar refractivity (Wildman–Crippen MR) is 167 cm³/mol. The highest BCUT2D eigenvalue weighted by Crippen LogP contribution is 2.59. The predicted octanol–water partition coefficient (Wildman–Crippen LogP) is 7.68. The van der Waals surface area contributed by atoms with Crippen LogP contribution in [0.5, 0.6) is 0 Å². The summed E-state index contributed by atoms with van der Waals surface area (Å²) in [4.78, 5) is 4.88. The molecule has 2 atom stereocenters. The van der Waals surface area contributed by atoms with Gasteiger partial charge in [-0.3, -0.25) is 9.71 Å². The number of aromatic nitrogens is 5. The van der Waals surface area contributed by atoms with Crippen molar-refractivity contribution in [2.24, 2.45) is 0 Å². The van der Waals surface area contributed by atoms with Crippen molar-refractivity contribution in [1.29, 1.82) is 0 Å². The van der Waals surface area contributed by atoms with Crippen LogP contribution in [0.1, 0.15) is 90.1 Å². The number of hydrogen-bond donors (Lipinski definition) is 1. The topological polar surface area (TPSA) is 111 Å². The van der Waals surface area contributed by atoms with Gasteiger partial charge in [0.2, 0.25) is 10.0 Å². The second kappa shape index (κ2) is 14.5. The Kier molecular flexibility index (Phi) is 11.4. The summed E-state index contributed by atoms with van der Waals surface area (Å²) in [6.45, 7) is 12.2. The molecule has 2 aliphatic rings. The van der Waals surface area contributed by atoms with Crippen LogP contribution < -0.4 is 4.72 Å². The van der Waals surface area contributed by atoms with Crippen LogP contribution in [0.2, 0.25) is 0 Å². The number of hydrogen-bond acceptors (Lipinski definition) is 7. The van der Waals surface area contributed by atoms with E-state index in [-0.39, 0.29) is 23.0 Å². The van der Waals surface area contributed by atoms with Gasteiger partial charge in [-0.2, -0.15) is 5.10 Å². The standard InChI is InChI=1S/C25H20F2N6O2S.C3H8.2C2H6/c1-36(34,35)33-22-9-8-19(29-31-22)18-6-3-7-21(28-18)25-11-10-14(13-25)15-12-20(30-32-24(15)25)23-16(26)4-2-5-17(23)27;1-3-2;2*1-2/h2-9,12,14H,10-11,13H2,1H3,(H,31,33);3H2,1-2H3;2*1-2H3/t14-,25+;;;/m1.../s1. The zero-order valence-corrected chi connectivity index (χ0v) is 26.6. The van der Waals surface area contributed by atoms with E-state index in [4.69, 9.17) is 4.98 Å². The van der Waals surface area contributed by atoms with Gasteiger partial charge in [-0.15, -0.1) is 15.3 Å². The number of halogens is 2. The summed E-state index contributed by atoms with van der Waals surface area (Å²) >= 11 is 0. The molecule has 0 saturated heterocycles. The van der Waals surface area contributed by atoms with Gasteiger partial charge in [-0.1, -0.05) is 60.1 Å². The Labute approximate surface area is 253 Å². The van der Waals surface area contributed by atoms with Gasteiger partial charge in [0.05, 0.1) is 40.0 Å². The molecule has 0 unspecified atom stereocenters. The molecular formula is C32H40F2N6O2S. The molecule has 4 aromatic rings. The van der Waals surface area contributed by atoms with Crippen molar-refractivity contribution in [3.63, 3.8) is 0 Å². The van der Waals surface area contributed by atoms with E-state index >= 15 is 0 Å². The highest BCUT2D eigenvalue weighted by atomic mass is 32.2. The number of pyridine rings is 1. The number of sulfonamides is 1. The SMILES string of the molecule is CC.CC.CCC.CS(=O)(=O)Nc1ccc(-c2cccc([C@]34CC[C@H](C3)c3cc(-c5c(F)cccc5F)nnc34)n2)nn1. The van der Waals surface area contributed by atoms with E-state index in [1.807, 2.05) is 45.9 Å². The summed E-state index contributed by atoms with van der Waals surface area (Å²) in [7, 11) is -3.46. The van der Waals surface area contributed by atoms with Gasteiger partial charge in [0.1, 0.15) is 17.3 Å². The van der Waals surface area contributed by atoms with Crippen LogP contribution in [0.4, 0.5) is 14.6 Å². The van der Waals surface area contributed by atoms with Crippen LogP contribution in [0.15, 0.2) is 54.6 Å². The molecule has 3 aromatic heterocycles. The molecule has 0 spiro atoms. The molecule has 1 fully saturated rings. The molecule has 6 rings (SSSR count). The minimum Gasteiger partial charge on any atom is -0.266 e. The fourth-order valence-electron chi connectivity index (χ4n) is 5.39. The van der Waals surface area contributed by atoms with Crippen molar-refractivity contribution >= 4 is 15.8 Å². The summed E-state index contributed by atoms with van der Waals surface area (Å²) in [6.07, 6.45) is 4.83. The van der Waals surface area contributed by atoms with Crippen molar-refractivity contribution in [2.75, 3.05) is 11.0 Å². The van der Waals surface area contributed by atoms with Gasteiger partial charge >= 0.3 is 0 Å². The molecule has 43 heavy (non-hydrogen) atoms. The Balaban J connectivity index is 0.000000670. The van der Waals surface area contributed by atoms with Crippen molar-refractivity contribution in [2.45, 2.75) is 78.6 Å². The fraction of sp³-hybridized carbons (Fsp3) is 0.406. The van der Waals surface area contributed by atoms with Gasteiger partial charge in [0, 0.05) is 0 Å². The normalized spacial score (nSPS) is 17.7. The second-order valence-corrected chi connectivity index (χ2v) is 11.7. The molecule has 0 amide bonds. The Hall–Kier alpha value is -3.86. The summed E-state index contributed by atoms with van der Waals surface area (Å²) in [5.74, 6) is -1.02. The lowest BCUT2D eigenvalue weighted by molar-refractivity contribution is 0.510. The molecule has 0 aliphatic heterocycles. The van der Waals surface area contributed by atoms with Gasteiger partial charge in [0.25, 0.3) is 0 Å². The van der Waals surface area contributed by atoms with E-state index in [0.29, 0.717) is 11.4 Å². The monoisotopic (exact) mass is 610 g/mol. The van der Waals surface area contributed by atoms with Gasteiger partial charge < -0.3 is 0 Å². The van der Waals surface area contributed by atoms with E-state index in [9.17, 15) is 17.2 Å². The van der Waals surface area contributed by atoms with E-state index in [2.05, 4.69) is 39.0 Å². The van der Waals surface area contributed by atoms with Crippen LogP contribution in [0.25, 0.3) is 22.6 Å². The summed E-state index contributed by atoms with van der Waals surface area (Å²) in [6, 6.07) is 14.3. The minimum atomic E-state index is -3.46. The molecule has 1 aromatic carbocycles. The third-order valence-electron chi connectivity index (χ3n) is 6.91. The van der Waals surface area contributed by atoms with Crippen molar-refractivity contribution in [3.05, 3.63) is 83.2 Å². The Morgan fingerprint density at radius 2 is 1.49 bits per heavy atom. The van der Waals surface area contributed by atoms with E-state index in [1.165, 1.54) is 30.7 Å². The van der Waals surface area contributed by atoms with E-state index < -0.39 is 27.1 Å². The Morgan fingerprint density at radius 1 is 0.860 bits per heavy atom. The largest absolute Gasteiger partial charge is 0.266 e. The lowest BCUT2D eigenvalue weighted by atomic mass is 9.79. The maximum Gasteiger partial charge on any atom is 0.231 e. The molecule has 0 radical (unpaired) electrons. The molecule has 1 saturated carbocycles.